The van der Waals surface area contributed by atoms with Crippen LogP contribution in [-0.2, 0) is 46.1 Å². The highest BCUT2D eigenvalue weighted by Gasteiger charge is 2.25. The summed E-state index contributed by atoms with van der Waals surface area (Å²) in [6, 6.07) is 15.1. The smallest absolute Gasteiger partial charge is 0.185 e. The predicted molar refractivity (Wildman–Crippen MR) is 283 cm³/mol. The van der Waals surface area contributed by atoms with Crippen LogP contribution in [0, 0.1) is 10.8 Å². The van der Waals surface area contributed by atoms with E-state index in [0.29, 0.717) is 74.2 Å². The van der Waals surface area contributed by atoms with Crippen molar-refractivity contribution in [1.29, 1.82) is 10.8 Å². The zero-order chi connectivity index (χ0) is 50.6. The van der Waals surface area contributed by atoms with Gasteiger partial charge in [0.05, 0.1) is 24.8 Å². The van der Waals surface area contributed by atoms with Crippen molar-refractivity contribution >= 4 is 70.2 Å². The molecule has 0 aliphatic heterocycles. The number of carbonyl (C=O) groups excluding carboxylic acids is 4. The van der Waals surface area contributed by atoms with E-state index in [1.165, 1.54) is 23.5 Å². The number of thioether (sulfide) groups is 2. The molecule has 0 aliphatic carbocycles. The Morgan fingerprint density at radius 3 is 1.16 bits per heavy atom. The quantitative estimate of drug-likeness (QED) is 0.0104. The Labute approximate surface area is 412 Å². The highest BCUT2D eigenvalue weighted by atomic mass is 32.2. The van der Waals surface area contributed by atoms with Gasteiger partial charge in [0.2, 0.25) is 0 Å². The Kier molecular flexibility index (Phi) is 23.0. The molecule has 0 bridgehead atoms. The van der Waals surface area contributed by atoms with Gasteiger partial charge in [0, 0.05) is 83.8 Å². The second-order valence-corrected chi connectivity index (χ2v) is 21.7. The Bertz CT molecular complexity index is 2160. The standard InChI is InChI=1S/C52H76N10O4S2/c1-51(2,3)39-25-35(29-41(63)16-9-7-11-18-45(53)54)47(67-22-20-61-49(57)58)37(27-39)31-43(65)33-14-13-15-34(24-33)44(66)32-38-28-40(52(4,5)6)26-36(48(38)68-23-21-62-50(59)60)30-42(64)17-10-8-12-19-46(55)56/h13-15,24-28H,7-12,16-23,29-32H2,1-6H3,(H3,53,54)(H3,55,56)(H4,57,58,61)(H4,59,60,62). The number of aliphatic imine (C=N–C) groups is 2. The van der Waals surface area contributed by atoms with Gasteiger partial charge in [-0.05, 0) is 76.0 Å². The number of nitrogens with one attached hydrogen (secondary N) is 2. The average Bonchev–Trinajstić information content (AvgIpc) is 3.23. The number of ketones is 4. The molecule has 0 heterocycles. The number of rotatable bonds is 30. The molecule has 0 saturated carbocycles. The summed E-state index contributed by atoms with van der Waals surface area (Å²) in [5.41, 5.74) is 39.0. The first-order valence-electron chi connectivity index (χ1n) is 23.5. The van der Waals surface area contributed by atoms with E-state index in [1.807, 2.05) is 0 Å². The number of amidine groups is 2. The Morgan fingerprint density at radius 2 is 0.838 bits per heavy atom. The van der Waals surface area contributed by atoms with Crippen LogP contribution in [-0.4, -0.2) is 71.3 Å². The minimum atomic E-state index is -0.285. The van der Waals surface area contributed by atoms with Crippen molar-refractivity contribution in [3.63, 3.8) is 0 Å². The van der Waals surface area contributed by atoms with Crippen LogP contribution in [0.1, 0.15) is 160 Å². The van der Waals surface area contributed by atoms with E-state index in [9.17, 15) is 19.2 Å². The van der Waals surface area contributed by atoms with Crippen molar-refractivity contribution in [2.45, 2.75) is 152 Å². The minimum absolute atomic E-state index is 0.0151. The fourth-order valence-electron chi connectivity index (χ4n) is 7.56. The molecular weight excluding hydrogens is 893 g/mol. The summed E-state index contributed by atoms with van der Waals surface area (Å²) in [5, 5.41) is 15.0. The molecule has 0 aromatic heterocycles. The van der Waals surface area contributed by atoms with Gasteiger partial charge in [-0.15, -0.1) is 23.5 Å². The molecule has 0 atom stereocenters. The van der Waals surface area contributed by atoms with Gasteiger partial charge >= 0.3 is 0 Å². The maximum atomic E-state index is 14.4. The lowest BCUT2D eigenvalue weighted by Gasteiger charge is -2.24. The number of Topliss-reactive ketones (excluding diaryl/α,β-unsaturated/α-hetero) is 4. The van der Waals surface area contributed by atoms with Gasteiger partial charge in [-0.1, -0.05) is 96.8 Å². The first-order chi connectivity index (χ1) is 31.9. The molecule has 0 unspecified atom stereocenters. The molecule has 0 fully saturated rings. The first kappa shape index (κ1) is 56.8. The van der Waals surface area contributed by atoms with Crippen molar-refractivity contribution in [1.82, 2.24) is 0 Å². The van der Waals surface area contributed by atoms with Gasteiger partial charge in [-0.2, -0.15) is 0 Å². The minimum Gasteiger partial charge on any atom is -0.388 e. The zero-order valence-corrected chi connectivity index (χ0v) is 42.8. The average molecular weight is 969 g/mol. The van der Waals surface area contributed by atoms with Crippen molar-refractivity contribution in [2.75, 3.05) is 24.6 Å². The van der Waals surface area contributed by atoms with E-state index in [-0.39, 0.29) is 83.2 Å². The van der Waals surface area contributed by atoms with Crippen molar-refractivity contribution < 1.29 is 19.2 Å². The van der Waals surface area contributed by atoms with Crippen LogP contribution in [0.5, 0.6) is 0 Å². The highest BCUT2D eigenvalue weighted by molar-refractivity contribution is 7.99. The number of hydrogen-bond donors (Lipinski definition) is 8. The van der Waals surface area contributed by atoms with Crippen LogP contribution in [0.4, 0.5) is 0 Å². The Balaban J connectivity index is 2.01. The van der Waals surface area contributed by atoms with Crippen LogP contribution < -0.4 is 34.4 Å². The fourth-order valence-corrected chi connectivity index (χ4v) is 9.60. The SMILES string of the molecule is CC(C)(C)c1cc(CC(=O)CCCCCC(=N)N)c(SCCN=C(N)N)c(CC(=O)c2cccc(C(=O)Cc3cc(C(C)(C)C)cc(CC(=O)CCCCCC(=N)N)c3SCCN=C(N)N)c2)c1. The third kappa shape index (κ3) is 20.4. The molecule has 3 rings (SSSR count). The number of benzene rings is 3. The largest absolute Gasteiger partial charge is 0.388 e. The molecule has 0 radical (unpaired) electrons. The predicted octanol–water partition coefficient (Wildman–Crippen LogP) is 7.86. The lowest BCUT2D eigenvalue weighted by molar-refractivity contribution is -0.119. The summed E-state index contributed by atoms with van der Waals surface area (Å²) >= 11 is 3.03. The normalized spacial score (nSPS) is 11.5. The van der Waals surface area contributed by atoms with E-state index in [2.05, 4.69) is 75.8 Å². The third-order valence-corrected chi connectivity index (χ3v) is 13.7. The molecule has 0 spiro atoms. The third-order valence-electron chi connectivity index (χ3n) is 11.3. The van der Waals surface area contributed by atoms with Crippen LogP contribution in [0.3, 0.4) is 0 Å². The van der Waals surface area contributed by atoms with Crippen LogP contribution in [0.25, 0.3) is 0 Å². The first-order valence-corrected chi connectivity index (χ1v) is 25.5. The number of unbranched alkanes of at least 4 members (excludes halogenated alkanes) is 4. The number of carbonyl (C=O) groups is 4. The number of hydrogen-bond acceptors (Lipinski definition) is 10. The van der Waals surface area contributed by atoms with Crippen LogP contribution in [0.15, 0.2) is 68.3 Å². The molecule has 3 aromatic carbocycles. The number of nitrogens with two attached hydrogens (primary N) is 6. The van der Waals surface area contributed by atoms with Gasteiger partial charge in [0.25, 0.3) is 0 Å². The van der Waals surface area contributed by atoms with E-state index in [4.69, 9.17) is 45.2 Å². The van der Waals surface area contributed by atoms with E-state index >= 15 is 0 Å². The Morgan fingerprint density at radius 1 is 0.500 bits per heavy atom. The topological polar surface area (TPSA) is 297 Å². The summed E-state index contributed by atoms with van der Waals surface area (Å²) in [6.45, 7) is 13.3. The molecule has 68 heavy (non-hydrogen) atoms. The monoisotopic (exact) mass is 969 g/mol. The second-order valence-electron chi connectivity index (χ2n) is 19.4. The molecule has 0 aliphatic rings. The van der Waals surface area contributed by atoms with E-state index < -0.39 is 0 Å². The molecule has 16 heteroatoms. The molecule has 0 amide bonds. The van der Waals surface area contributed by atoms with E-state index in [1.54, 1.807) is 24.3 Å². The lowest BCUT2D eigenvalue weighted by atomic mass is 9.83. The van der Waals surface area contributed by atoms with E-state index in [0.717, 1.165) is 68.9 Å². The van der Waals surface area contributed by atoms with Gasteiger partial charge in [-0.3, -0.25) is 40.0 Å². The maximum absolute atomic E-state index is 14.4. The van der Waals surface area contributed by atoms with Crippen molar-refractivity contribution in [3.8, 4) is 0 Å². The molecule has 14 nitrogen and oxygen atoms in total. The zero-order valence-electron chi connectivity index (χ0n) is 41.2. The summed E-state index contributed by atoms with van der Waals surface area (Å²) in [6.07, 6.45) is 6.81. The summed E-state index contributed by atoms with van der Waals surface area (Å²) in [4.78, 5) is 65.8. The summed E-state index contributed by atoms with van der Waals surface area (Å²) in [5.74, 6) is 1.14. The molecule has 370 valence electrons. The lowest BCUT2D eigenvalue weighted by Crippen LogP contribution is -2.23. The van der Waals surface area contributed by atoms with Crippen LogP contribution >= 0.6 is 23.5 Å². The maximum Gasteiger partial charge on any atom is 0.185 e. The molecular formula is C52H76N10O4S2. The van der Waals surface area contributed by atoms with Gasteiger partial charge in [-0.25, -0.2) is 0 Å². The molecule has 3 aromatic rings. The fraction of sp³-hybridized carbons (Fsp3) is 0.500. The molecule has 0 saturated heterocycles. The molecule has 14 N–H and O–H groups in total. The Hall–Kier alpha value is -5.48. The second kappa shape index (κ2) is 27.5. The summed E-state index contributed by atoms with van der Waals surface area (Å²) < 4.78 is 0. The van der Waals surface area contributed by atoms with Crippen molar-refractivity contribution in [3.05, 3.63) is 93.0 Å². The summed E-state index contributed by atoms with van der Waals surface area (Å²) in [7, 11) is 0. The highest BCUT2D eigenvalue weighted by Crippen LogP contribution is 2.37. The van der Waals surface area contributed by atoms with Gasteiger partial charge < -0.3 is 34.4 Å². The van der Waals surface area contributed by atoms with Gasteiger partial charge in [0.1, 0.15) is 11.6 Å². The number of guanidine groups is 2. The van der Waals surface area contributed by atoms with Gasteiger partial charge in [0.15, 0.2) is 23.5 Å². The number of nitrogens with zero attached hydrogens (tertiary/aromatic N) is 2. The van der Waals surface area contributed by atoms with Crippen molar-refractivity contribution in [2.24, 2.45) is 44.4 Å². The van der Waals surface area contributed by atoms with Crippen LogP contribution in [0.2, 0.25) is 0 Å².